The highest BCUT2D eigenvalue weighted by atomic mass is 35.5. The molecule has 0 aliphatic carbocycles. The Labute approximate surface area is 192 Å². The molecule has 3 aromatic rings. The zero-order chi connectivity index (χ0) is 22.4. The largest absolute Gasteiger partial charge is 0.325 e. The molecule has 1 amide bonds. The number of nitrogens with zero attached hydrogens (tertiary/aromatic N) is 1. The Bertz CT molecular complexity index is 1170. The quantitative estimate of drug-likeness (QED) is 0.474. The number of nitrogens with one attached hydrogen (secondary N) is 1. The number of aryl methyl sites for hydroxylation is 1. The van der Waals surface area contributed by atoms with Crippen molar-refractivity contribution in [3.8, 4) is 0 Å². The molecule has 3 rings (SSSR count). The lowest BCUT2D eigenvalue weighted by Gasteiger charge is -2.23. The van der Waals surface area contributed by atoms with Gasteiger partial charge in [-0.25, -0.2) is 8.42 Å². The highest BCUT2D eigenvalue weighted by molar-refractivity contribution is 7.89. The van der Waals surface area contributed by atoms with E-state index in [1.807, 2.05) is 25.1 Å². The fraction of sp³-hybridized carbons (Fsp3) is 0.174. The van der Waals surface area contributed by atoms with Crippen molar-refractivity contribution in [3.05, 3.63) is 94.0 Å². The molecule has 1 N–H and O–H groups in total. The number of para-hydroxylation sites is 1. The average molecular weight is 477 g/mol. The number of hydrogen-bond acceptors (Lipinski definition) is 3. The Morgan fingerprint density at radius 1 is 0.903 bits per heavy atom. The lowest BCUT2D eigenvalue weighted by atomic mass is 10.1. The molecule has 162 valence electrons. The molecule has 0 saturated heterocycles. The molecule has 0 heterocycles. The second kappa shape index (κ2) is 10.3. The maximum atomic E-state index is 13.3. The van der Waals surface area contributed by atoms with Crippen LogP contribution in [0.5, 0.6) is 0 Å². The van der Waals surface area contributed by atoms with Crippen LogP contribution in [0.1, 0.15) is 18.1 Å². The molecule has 0 saturated carbocycles. The van der Waals surface area contributed by atoms with Gasteiger partial charge < -0.3 is 5.32 Å². The van der Waals surface area contributed by atoms with E-state index in [2.05, 4.69) is 5.32 Å². The molecule has 3 aromatic carbocycles. The summed E-state index contributed by atoms with van der Waals surface area (Å²) in [7, 11) is -3.98. The van der Waals surface area contributed by atoms with Gasteiger partial charge in [-0.1, -0.05) is 66.5 Å². The third-order valence-corrected chi connectivity index (χ3v) is 7.17. The van der Waals surface area contributed by atoms with Crippen LogP contribution in [0.25, 0.3) is 0 Å². The summed E-state index contributed by atoms with van der Waals surface area (Å²) in [4.78, 5) is 12.9. The summed E-state index contributed by atoms with van der Waals surface area (Å²) in [5.41, 5.74) is 2.23. The van der Waals surface area contributed by atoms with Crippen LogP contribution < -0.4 is 5.32 Å². The number of carbonyl (C=O) groups is 1. The van der Waals surface area contributed by atoms with Crippen LogP contribution in [0.15, 0.2) is 77.7 Å². The van der Waals surface area contributed by atoms with Gasteiger partial charge in [0.25, 0.3) is 0 Å². The van der Waals surface area contributed by atoms with Gasteiger partial charge in [0.2, 0.25) is 15.9 Å². The maximum Gasteiger partial charge on any atom is 0.243 e. The van der Waals surface area contributed by atoms with Crippen molar-refractivity contribution in [2.24, 2.45) is 0 Å². The van der Waals surface area contributed by atoms with Crippen LogP contribution in [0.2, 0.25) is 10.0 Å². The molecular formula is C23H22Cl2N2O3S. The smallest absolute Gasteiger partial charge is 0.243 e. The third-order valence-electron chi connectivity index (χ3n) is 4.75. The van der Waals surface area contributed by atoms with Gasteiger partial charge in [-0.05, 0) is 53.9 Å². The second-order valence-electron chi connectivity index (χ2n) is 6.88. The topological polar surface area (TPSA) is 66.5 Å². The number of carbonyl (C=O) groups excluding carboxylic acids is 1. The molecule has 8 heteroatoms. The van der Waals surface area contributed by atoms with Crippen molar-refractivity contribution in [2.45, 2.75) is 24.8 Å². The number of benzene rings is 3. The van der Waals surface area contributed by atoms with E-state index in [0.717, 1.165) is 16.3 Å². The van der Waals surface area contributed by atoms with E-state index in [9.17, 15) is 13.2 Å². The van der Waals surface area contributed by atoms with Gasteiger partial charge in [-0.3, -0.25) is 4.79 Å². The molecule has 5 nitrogen and oxygen atoms in total. The van der Waals surface area contributed by atoms with E-state index in [-0.39, 0.29) is 18.0 Å². The minimum Gasteiger partial charge on any atom is -0.325 e. The number of hydrogen-bond donors (Lipinski definition) is 1. The molecule has 0 bridgehead atoms. The molecule has 0 fully saturated rings. The highest BCUT2D eigenvalue weighted by Crippen LogP contribution is 2.24. The predicted octanol–water partition coefficient (Wildman–Crippen LogP) is 5.39. The number of halogens is 2. The van der Waals surface area contributed by atoms with Crippen molar-refractivity contribution in [1.82, 2.24) is 4.31 Å². The Morgan fingerprint density at radius 2 is 1.52 bits per heavy atom. The number of sulfonamides is 1. The first-order chi connectivity index (χ1) is 14.8. The van der Waals surface area contributed by atoms with Gasteiger partial charge in [0, 0.05) is 22.3 Å². The van der Waals surface area contributed by atoms with Crippen molar-refractivity contribution < 1.29 is 13.2 Å². The van der Waals surface area contributed by atoms with Crippen LogP contribution in [0.4, 0.5) is 5.69 Å². The number of amides is 1. The number of rotatable bonds is 8. The van der Waals surface area contributed by atoms with E-state index < -0.39 is 15.9 Å². The molecule has 0 aromatic heterocycles. The Kier molecular flexibility index (Phi) is 7.73. The number of anilines is 1. The summed E-state index contributed by atoms with van der Waals surface area (Å²) < 4.78 is 27.8. The van der Waals surface area contributed by atoms with E-state index >= 15 is 0 Å². The van der Waals surface area contributed by atoms with Gasteiger partial charge in [0.1, 0.15) is 0 Å². The fourth-order valence-electron chi connectivity index (χ4n) is 3.10. The molecule has 0 aliphatic rings. The molecule has 0 spiro atoms. The van der Waals surface area contributed by atoms with Gasteiger partial charge in [0.15, 0.2) is 0 Å². The summed E-state index contributed by atoms with van der Waals surface area (Å²) in [6.07, 6.45) is 0.739. The first-order valence-corrected chi connectivity index (χ1v) is 11.9. The van der Waals surface area contributed by atoms with Crippen LogP contribution in [-0.2, 0) is 27.8 Å². The van der Waals surface area contributed by atoms with E-state index in [0.29, 0.717) is 21.3 Å². The Hall–Kier alpha value is -2.38. The van der Waals surface area contributed by atoms with Crippen molar-refractivity contribution in [1.29, 1.82) is 0 Å². The van der Waals surface area contributed by atoms with Crippen LogP contribution >= 0.6 is 23.2 Å². The molecule has 31 heavy (non-hydrogen) atoms. The van der Waals surface area contributed by atoms with E-state index in [4.69, 9.17) is 23.2 Å². The zero-order valence-electron chi connectivity index (χ0n) is 16.9. The Balaban J connectivity index is 1.91. The van der Waals surface area contributed by atoms with Gasteiger partial charge >= 0.3 is 0 Å². The van der Waals surface area contributed by atoms with Crippen molar-refractivity contribution in [3.63, 3.8) is 0 Å². The molecule has 0 radical (unpaired) electrons. The van der Waals surface area contributed by atoms with Gasteiger partial charge in [-0.15, -0.1) is 0 Å². The molecule has 0 unspecified atom stereocenters. The summed E-state index contributed by atoms with van der Waals surface area (Å²) >= 11 is 12.2. The summed E-state index contributed by atoms with van der Waals surface area (Å²) in [6, 6.07) is 20.2. The summed E-state index contributed by atoms with van der Waals surface area (Å²) in [5.74, 6) is -0.439. The second-order valence-corrected chi connectivity index (χ2v) is 9.66. The zero-order valence-corrected chi connectivity index (χ0v) is 19.2. The van der Waals surface area contributed by atoms with Gasteiger partial charge in [0.05, 0.1) is 11.4 Å². The normalized spacial score (nSPS) is 11.5. The molecular weight excluding hydrogens is 455 g/mol. The van der Waals surface area contributed by atoms with Crippen LogP contribution in [0.3, 0.4) is 0 Å². The van der Waals surface area contributed by atoms with E-state index in [1.54, 1.807) is 30.3 Å². The van der Waals surface area contributed by atoms with Gasteiger partial charge in [-0.2, -0.15) is 4.31 Å². The standard InChI is InChI=1S/C23H22Cl2N2O3S/c1-2-17-7-4-6-10-22(17)26-23(28)16-27(15-18-8-3-5-9-21(18)25)31(29,30)20-13-11-19(24)12-14-20/h3-14H,2,15-16H2,1H3,(H,26,28). The van der Waals surface area contributed by atoms with Crippen LogP contribution in [-0.4, -0.2) is 25.2 Å². The SMILES string of the molecule is CCc1ccccc1NC(=O)CN(Cc1ccccc1Cl)S(=O)(=O)c1ccc(Cl)cc1. The lowest BCUT2D eigenvalue weighted by molar-refractivity contribution is -0.116. The van der Waals surface area contributed by atoms with E-state index in [1.165, 1.54) is 24.3 Å². The van der Waals surface area contributed by atoms with Crippen LogP contribution in [0, 0.1) is 0 Å². The first-order valence-electron chi connectivity index (χ1n) is 9.68. The minimum absolute atomic E-state index is 0.0470. The fourth-order valence-corrected chi connectivity index (χ4v) is 4.79. The molecule has 0 atom stereocenters. The molecule has 0 aliphatic heterocycles. The van der Waals surface area contributed by atoms with Crippen molar-refractivity contribution >= 4 is 44.8 Å². The van der Waals surface area contributed by atoms with Crippen molar-refractivity contribution in [2.75, 3.05) is 11.9 Å². The average Bonchev–Trinajstić information content (AvgIpc) is 2.75. The first kappa shape index (κ1) is 23.3. The minimum atomic E-state index is -3.98. The maximum absolute atomic E-state index is 13.3. The monoisotopic (exact) mass is 476 g/mol. The predicted molar refractivity (Wildman–Crippen MR) is 125 cm³/mol. The third kappa shape index (κ3) is 5.86. The Morgan fingerprint density at radius 3 is 2.16 bits per heavy atom. The lowest BCUT2D eigenvalue weighted by Crippen LogP contribution is -2.37. The summed E-state index contributed by atoms with van der Waals surface area (Å²) in [6.45, 7) is 1.57. The summed E-state index contributed by atoms with van der Waals surface area (Å²) in [5, 5.41) is 3.67. The highest BCUT2D eigenvalue weighted by Gasteiger charge is 2.27.